The lowest BCUT2D eigenvalue weighted by Crippen LogP contribution is -2.39. The van der Waals surface area contributed by atoms with Gasteiger partial charge in [-0.1, -0.05) is 11.6 Å². The zero-order chi connectivity index (χ0) is 18.0. The summed E-state index contributed by atoms with van der Waals surface area (Å²) in [5.41, 5.74) is -0.454. The van der Waals surface area contributed by atoms with E-state index >= 15 is 0 Å². The molecule has 0 saturated heterocycles. The molecule has 1 aliphatic rings. The number of carbonyl (C=O) groups is 2. The molecule has 1 aromatic carbocycles. The zero-order valence-electron chi connectivity index (χ0n) is 12.5. The molecule has 0 unspecified atom stereocenters. The summed E-state index contributed by atoms with van der Waals surface area (Å²) >= 11 is 8.89. The van der Waals surface area contributed by atoms with Crippen LogP contribution in [0.5, 0.6) is 0 Å². The quantitative estimate of drug-likeness (QED) is 0.421. The fourth-order valence-electron chi connectivity index (χ4n) is 2.12. The summed E-state index contributed by atoms with van der Waals surface area (Å²) in [5.74, 6) is -4.09. The van der Waals surface area contributed by atoms with Crippen LogP contribution in [0.4, 0.5) is 14.5 Å². The van der Waals surface area contributed by atoms with Crippen LogP contribution in [0, 0.1) is 11.6 Å². The highest BCUT2D eigenvalue weighted by molar-refractivity contribution is 9.10. The minimum atomic E-state index is -1.20. The van der Waals surface area contributed by atoms with Crippen LogP contribution in [0.2, 0.25) is 5.02 Å². The van der Waals surface area contributed by atoms with Crippen molar-refractivity contribution in [3.8, 4) is 0 Å². The van der Waals surface area contributed by atoms with Gasteiger partial charge in [0.1, 0.15) is 12.4 Å². The molecule has 0 spiro atoms. The molecule has 0 radical (unpaired) electrons. The minimum absolute atomic E-state index is 0.0860. The summed E-state index contributed by atoms with van der Waals surface area (Å²) in [5, 5.41) is -0.197. The van der Waals surface area contributed by atoms with E-state index in [1.54, 1.807) is 0 Å². The van der Waals surface area contributed by atoms with Gasteiger partial charge in [-0.25, -0.2) is 18.4 Å². The van der Waals surface area contributed by atoms with E-state index in [4.69, 9.17) is 16.3 Å². The van der Waals surface area contributed by atoms with Crippen molar-refractivity contribution in [2.24, 2.45) is 0 Å². The van der Waals surface area contributed by atoms with Crippen molar-refractivity contribution < 1.29 is 32.6 Å². The first-order valence-electron chi connectivity index (χ1n) is 6.41. The van der Waals surface area contributed by atoms with Gasteiger partial charge in [0, 0.05) is 0 Å². The molecular formula is C14H11BrClF2NO5. The molecule has 0 aromatic heterocycles. The highest BCUT2D eigenvalue weighted by Gasteiger charge is 2.35. The first-order chi connectivity index (χ1) is 11.3. The van der Waals surface area contributed by atoms with Crippen LogP contribution in [-0.4, -0.2) is 39.5 Å². The SMILES string of the molecule is COC(=O)C1=C(C(=O)OC)N(c2c(Cl)cc(F)c(F)c2Br)COC1. The summed E-state index contributed by atoms with van der Waals surface area (Å²) in [6.07, 6.45) is 0. The molecule has 1 heterocycles. The summed E-state index contributed by atoms with van der Waals surface area (Å²) < 4.78 is 41.5. The molecule has 0 bridgehead atoms. The fourth-order valence-corrected chi connectivity index (χ4v) is 3.15. The van der Waals surface area contributed by atoms with Crippen molar-refractivity contribution in [1.29, 1.82) is 0 Å². The fraction of sp³-hybridized carbons (Fsp3) is 0.286. The topological polar surface area (TPSA) is 65.1 Å². The Morgan fingerprint density at radius 3 is 2.50 bits per heavy atom. The van der Waals surface area contributed by atoms with Gasteiger partial charge in [0.05, 0.1) is 41.6 Å². The van der Waals surface area contributed by atoms with E-state index in [2.05, 4.69) is 25.4 Å². The lowest BCUT2D eigenvalue weighted by molar-refractivity contribution is -0.140. The lowest BCUT2D eigenvalue weighted by Gasteiger charge is -2.32. The maximum Gasteiger partial charge on any atom is 0.355 e. The standard InChI is InChI=1S/C14H11BrClF2NO5/c1-22-13(20)6-4-24-5-19(11(6)14(21)23-2)12-7(16)3-8(17)10(18)9(12)15/h3H,4-5H2,1-2H3. The second kappa shape index (κ2) is 7.45. The Balaban J connectivity index is 2.71. The van der Waals surface area contributed by atoms with Crippen LogP contribution in [-0.2, 0) is 23.8 Å². The van der Waals surface area contributed by atoms with Gasteiger partial charge in [-0.15, -0.1) is 0 Å². The van der Waals surface area contributed by atoms with E-state index in [9.17, 15) is 18.4 Å². The van der Waals surface area contributed by atoms with Gasteiger partial charge < -0.3 is 19.1 Å². The van der Waals surface area contributed by atoms with Crippen molar-refractivity contribution in [2.75, 3.05) is 32.5 Å². The number of methoxy groups -OCH3 is 2. The molecular weight excluding hydrogens is 416 g/mol. The maximum absolute atomic E-state index is 13.9. The van der Waals surface area contributed by atoms with Crippen LogP contribution < -0.4 is 4.90 Å². The third kappa shape index (κ3) is 3.24. The lowest BCUT2D eigenvalue weighted by atomic mass is 10.1. The number of hydrogen-bond acceptors (Lipinski definition) is 6. The van der Waals surface area contributed by atoms with Gasteiger partial charge in [0.2, 0.25) is 0 Å². The number of ether oxygens (including phenoxy) is 3. The molecule has 0 N–H and O–H groups in total. The number of hydrogen-bond donors (Lipinski definition) is 0. The Labute approximate surface area is 149 Å². The smallest absolute Gasteiger partial charge is 0.355 e. The molecule has 0 aliphatic carbocycles. The molecule has 1 aromatic rings. The Bertz CT molecular complexity index is 740. The number of halogens is 4. The van der Waals surface area contributed by atoms with E-state index in [1.807, 2.05) is 0 Å². The molecule has 0 atom stereocenters. The van der Waals surface area contributed by atoms with Crippen molar-refractivity contribution in [1.82, 2.24) is 0 Å². The van der Waals surface area contributed by atoms with Gasteiger partial charge in [-0.3, -0.25) is 0 Å². The van der Waals surface area contributed by atoms with Crippen molar-refractivity contribution in [3.05, 3.63) is 38.5 Å². The van der Waals surface area contributed by atoms with Crippen LogP contribution >= 0.6 is 27.5 Å². The number of nitrogens with zero attached hydrogens (tertiary/aromatic N) is 1. The molecule has 0 fully saturated rings. The summed E-state index contributed by atoms with van der Waals surface area (Å²) in [6, 6.07) is 0.748. The predicted molar refractivity (Wildman–Crippen MR) is 83.4 cm³/mol. The number of carbonyl (C=O) groups excluding carboxylic acids is 2. The average molecular weight is 427 g/mol. The van der Waals surface area contributed by atoms with Crippen LogP contribution in [0.15, 0.2) is 21.8 Å². The molecule has 2 rings (SSSR count). The normalized spacial score (nSPS) is 14.7. The van der Waals surface area contributed by atoms with Crippen LogP contribution in [0.25, 0.3) is 0 Å². The van der Waals surface area contributed by atoms with E-state index < -0.39 is 23.6 Å². The van der Waals surface area contributed by atoms with Gasteiger partial charge in [-0.2, -0.15) is 0 Å². The Morgan fingerprint density at radius 2 is 1.92 bits per heavy atom. The summed E-state index contributed by atoms with van der Waals surface area (Å²) in [6.45, 7) is -0.457. The molecule has 10 heteroatoms. The Kier molecular flexibility index (Phi) is 5.79. The second-order valence-electron chi connectivity index (χ2n) is 4.53. The molecule has 0 saturated carbocycles. The van der Waals surface area contributed by atoms with Crippen LogP contribution in [0.1, 0.15) is 0 Å². The van der Waals surface area contributed by atoms with E-state index in [-0.39, 0.29) is 39.8 Å². The second-order valence-corrected chi connectivity index (χ2v) is 5.73. The Morgan fingerprint density at radius 1 is 1.29 bits per heavy atom. The third-order valence-electron chi connectivity index (χ3n) is 3.19. The number of benzene rings is 1. The van der Waals surface area contributed by atoms with Crippen LogP contribution in [0.3, 0.4) is 0 Å². The van der Waals surface area contributed by atoms with Crippen molar-refractivity contribution in [2.45, 2.75) is 0 Å². The molecule has 0 amide bonds. The van der Waals surface area contributed by atoms with Gasteiger partial charge in [0.15, 0.2) is 11.6 Å². The highest BCUT2D eigenvalue weighted by Crippen LogP contribution is 2.40. The first kappa shape index (κ1) is 18.6. The van der Waals surface area contributed by atoms with E-state index in [1.165, 1.54) is 0 Å². The third-order valence-corrected chi connectivity index (χ3v) is 4.20. The number of anilines is 1. The summed E-state index contributed by atoms with van der Waals surface area (Å²) in [7, 11) is 2.24. The Hall–Kier alpha value is -1.71. The van der Waals surface area contributed by atoms with E-state index in [0.717, 1.165) is 25.2 Å². The molecule has 24 heavy (non-hydrogen) atoms. The van der Waals surface area contributed by atoms with Crippen molar-refractivity contribution >= 4 is 45.2 Å². The molecule has 1 aliphatic heterocycles. The molecule has 130 valence electrons. The monoisotopic (exact) mass is 425 g/mol. The van der Waals surface area contributed by atoms with Gasteiger partial charge in [0.25, 0.3) is 0 Å². The number of rotatable bonds is 3. The minimum Gasteiger partial charge on any atom is -0.466 e. The molecule has 6 nitrogen and oxygen atoms in total. The maximum atomic E-state index is 13.9. The highest BCUT2D eigenvalue weighted by atomic mass is 79.9. The van der Waals surface area contributed by atoms with Gasteiger partial charge in [-0.05, 0) is 22.0 Å². The van der Waals surface area contributed by atoms with E-state index in [0.29, 0.717) is 0 Å². The number of esters is 2. The predicted octanol–water partition coefficient (Wildman–Crippen LogP) is 2.77. The zero-order valence-corrected chi connectivity index (χ0v) is 14.8. The first-order valence-corrected chi connectivity index (χ1v) is 7.58. The van der Waals surface area contributed by atoms with Crippen molar-refractivity contribution in [3.63, 3.8) is 0 Å². The van der Waals surface area contributed by atoms with Gasteiger partial charge >= 0.3 is 11.9 Å². The summed E-state index contributed by atoms with van der Waals surface area (Å²) in [4.78, 5) is 25.1. The largest absolute Gasteiger partial charge is 0.466 e. The average Bonchev–Trinajstić information content (AvgIpc) is 2.58.